The van der Waals surface area contributed by atoms with Crippen molar-refractivity contribution in [2.24, 2.45) is 0 Å². The summed E-state index contributed by atoms with van der Waals surface area (Å²) in [5, 5.41) is 13.2. The van der Waals surface area contributed by atoms with Crippen molar-refractivity contribution >= 4 is 17.7 Å². The number of carboxylic acid groups (broad SMARTS) is 1. The number of nitrogens with zero attached hydrogens (tertiary/aromatic N) is 1. The van der Waals surface area contributed by atoms with Crippen molar-refractivity contribution in [2.45, 2.75) is 19.8 Å². The van der Waals surface area contributed by atoms with E-state index in [9.17, 15) is 14.4 Å². The lowest BCUT2D eigenvalue weighted by Crippen LogP contribution is -2.34. The number of aliphatic carboxylic acids is 1. The van der Waals surface area contributed by atoms with Crippen LogP contribution >= 0.6 is 0 Å². The number of carbonyl (C=O) groups excluding carboxylic acids is 1. The molecule has 1 heterocycles. The first-order valence-corrected chi connectivity index (χ1v) is 5.72. The van der Waals surface area contributed by atoms with E-state index in [0.717, 1.165) is 0 Å². The molecular weight excluding hydrogens is 252 g/mol. The van der Waals surface area contributed by atoms with Crippen LogP contribution in [0, 0.1) is 0 Å². The van der Waals surface area contributed by atoms with Gasteiger partial charge in [0.15, 0.2) is 0 Å². The van der Waals surface area contributed by atoms with Gasteiger partial charge in [-0.15, -0.1) is 0 Å². The molecule has 8 heteroatoms. The number of aromatic nitrogens is 2. The number of aromatic amines is 1. The van der Waals surface area contributed by atoms with Crippen LogP contribution in [0.4, 0.5) is 5.82 Å². The van der Waals surface area contributed by atoms with E-state index >= 15 is 0 Å². The molecule has 1 amide bonds. The molecule has 104 valence electrons. The Kier molecular flexibility index (Phi) is 5.04. The highest BCUT2D eigenvalue weighted by molar-refractivity contribution is 5.84. The van der Waals surface area contributed by atoms with Gasteiger partial charge in [-0.25, -0.2) is 4.98 Å². The molecule has 0 aliphatic carbocycles. The fourth-order valence-corrected chi connectivity index (χ4v) is 1.25. The summed E-state index contributed by atoms with van der Waals surface area (Å²) in [6, 6.07) is 1.23. The third-order valence-electron chi connectivity index (χ3n) is 2.17. The minimum Gasteiger partial charge on any atom is -0.480 e. The number of hydrogen-bond acceptors (Lipinski definition) is 5. The fraction of sp³-hybridized carbons (Fsp3) is 0.455. The van der Waals surface area contributed by atoms with Gasteiger partial charge in [-0.05, 0) is 0 Å². The first kappa shape index (κ1) is 14.7. The Bertz CT molecular complexity index is 524. The monoisotopic (exact) mass is 268 g/mol. The number of nitrogens with one attached hydrogen (secondary N) is 3. The zero-order valence-corrected chi connectivity index (χ0v) is 10.7. The molecule has 1 rings (SSSR count). The molecule has 8 nitrogen and oxygen atoms in total. The van der Waals surface area contributed by atoms with Crippen molar-refractivity contribution in [3.8, 4) is 0 Å². The molecule has 0 aliphatic heterocycles. The van der Waals surface area contributed by atoms with Gasteiger partial charge in [0.25, 0.3) is 5.56 Å². The van der Waals surface area contributed by atoms with Crippen LogP contribution in [0.5, 0.6) is 0 Å². The third-order valence-corrected chi connectivity index (χ3v) is 2.17. The average Bonchev–Trinajstić information content (AvgIpc) is 2.33. The van der Waals surface area contributed by atoms with Crippen LogP contribution in [0.3, 0.4) is 0 Å². The molecule has 0 radical (unpaired) electrons. The van der Waals surface area contributed by atoms with Gasteiger partial charge in [-0.1, -0.05) is 13.8 Å². The van der Waals surface area contributed by atoms with Crippen LogP contribution in [0.2, 0.25) is 0 Å². The minimum absolute atomic E-state index is 0.0512. The van der Waals surface area contributed by atoms with E-state index in [1.807, 2.05) is 13.8 Å². The minimum atomic E-state index is -1.12. The summed E-state index contributed by atoms with van der Waals surface area (Å²) in [5.74, 6) is -0.769. The van der Waals surface area contributed by atoms with Crippen LogP contribution in [0.25, 0.3) is 0 Å². The highest BCUT2D eigenvalue weighted by atomic mass is 16.4. The van der Waals surface area contributed by atoms with E-state index in [0.29, 0.717) is 5.82 Å². The van der Waals surface area contributed by atoms with Crippen molar-refractivity contribution < 1.29 is 14.7 Å². The molecule has 0 aromatic carbocycles. The molecular formula is C11H16N4O4. The molecule has 4 N–H and O–H groups in total. The first-order valence-electron chi connectivity index (χ1n) is 5.72. The number of hydrogen-bond donors (Lipinski definition) is 4. The van der Waals surface area contributed by atoms with Gasteiger partial charge in [0.1, 0.15) is 18.2 Å². The highest BCUT2D eigenvalue weighted by Crippen LogP contribution is 2.08. The molecule has 0 saturated carbocycles. The number of rotatable bonds is 6. The Hall–Kier alpha value is -2.38. The summed E-state index contributed by atoms with van der Waals surface area (Å²) in [4.78, 5) is 39.6. The number of amides is 1. The first-order chi connectivity index (χ1) is 8.88. The molecule has 0 bridgehead atoms. The molecule has 0 saturated heterocycles. The van der Waals surface area contributed by atoms with E-state index in [-0.39, 0.29) is 23.8 Å². The third kappa shape index (κ3) is 5.19. The SMILES string of the molecule is CC(C)c1nc(NCC(=O)NCC(=O)O)cc(=O)[nH]1. The molecule has 0 fully saturated rings. The van der Waals surface area contributed by atoms with Crippen LogP contribution in [0.1, 0.15) is 25.6 Å². The Labute approximate surface area is 109 Å². The van der Waals surface area contributed by atoms with Crippen LogP contribution in [-0.4, -0.2) is 40.0 Å². The molecule has 1 aromatic heterocycles. The number of carboxylic acids is 1. The Morgan fingerprint density at radius 2 is 2.11 bits per heavy atom. The van der Waals surface area contributed by atoms with Crippen molar-refractivity contribution in [2.75, 3.05) is 18.4 Å². The van der Waals surface area contributed by atoms with E-state index in [4.69, 9.17) is 5.11 Å². The lowest BCUT2D eigenvalue weighted by molar-refractivity contribution is -0.137. The molecule has 0 atom stereocenters. The predicted molar refractivity (Wildman–Crippen MR) is 68.1 cm³/mol. The quantitative estimate of drug-likeness (QED) is 0.551. The van der Waals surface area contributed by atoms with Crippen LogP contribution in [-0.2, 0) is 9.59 Å². The summed E-state index contributed by atoms with van der Waals surface area (Å²) in [6.45, 7) is 3.16. The lowest BCUT2D eigenvalue weighted by atomic mass is 10.2. The Balaban J connectivity index is 2.60. The van der Waals surface area contributed by atoms with Crippen molar-refractivity contribution in [3.63, 3.8) is 0 Å². The molecule has 0 aliphatic rings. The summed E-state index contributed by atoms with van der Waals surface area (Å²) in [6.07, 6.45) is 0. The maximum absolute atomic E-state index is 11.4. The summed E-state index contributed by atoms with van der Waals surface area (Å²) in [5.41, 5.74) is -0.313. The fourth-order valence-electron chi connectivity index (χ4n) is 1.25. The molecule has 19 heavy (non-hydrogen) atoms. The van der Waals surface area contributed by atoms with Crippen molar-refractivity contribution in [1.82, 2.24) is 15.3 Å². The smallest absolute Gasteiger partial charge is 0.322 e. The van der Waals surface area contributed by atoms with Crippen LogP contribution in [0.15, 0.2) is 10.9 Å². The van der Waals surface area contributed by atoms with Crippen molar-refractivity contribution in [3.05, 3.63) is 22.2 Å². The summed E-state index contributed by atoms with van der Waals surface area (Å²) in [7, 11) is 0. The Morgan fingerprint density at radius 1 is 1.42 bits per heavy atom. The van der Waals surface area contributed by atoms with Gasteiger partial charge < -0.3 is 20.7 Å². The normalized spacial score (nSPS) is 10.3. The Morgan fingerprint density at radius 3 is 2.68 bits per heavy atom. The van der Waals surface area contributed by atoms with Gasteiger partial charge >= 0.3 is 5.97 Å². The molecule has 0 unspecified atom stereocenters. The number of carbonyl (C=O) groups is 2. The number of H-pyrrole nitrogens is 1. The van der Waals surface area contributed by atoms with E-state index in [2.05, 4.69) is 20.6 Å². The molecule has 1 aromatic rings. The van der Waals surface area contributed by atoms with Crippen molar-refractivity contribution in [1.29, 1.82) is 0 Å². The second-order valence-corrected chi connectivity index (χ2v) is 4.19. The second kappa shape index (κ2) is 6.53. The number of anilines is 1. The van der Waals surface area contributed by atoms with E-state index in [1.54, 1.807) is 0 Å². The largest absolute Gasteiger partial charge is 0.480 e. The maximum Gasteiger partial charge on any atom is 0.322 e. The van der Waals surface area contributed by atoms with Gasteiger partial charge in [-0.2, -0.15) is 0 Å². The van der Waals surface area contributed by atoms with Gasteiger partial charge in [0.05, 0.1) is 6.54 Å². The van der Waals surface area contributed by atoms with E-state index in [1.165, 1.54) is 6.07 Å². The van der Waals surface area contributed by atoms with Gasteiger partial charge in [-0.3, -0.25) is 14.4 Å². The molecule has 0 spiro atoms. The highest BCUT2D eigenvalue weighted by Gasteiger charge is 2.07. The zero-order valence-electron chi connectivity index (χ0n) is 10.7. The van der Waals surface area contributed by atoms with Crippen LogP contribution < -0.4 is 16.2 Å². The second-order valence-electron chi connectivity index (χ2n) is 4.19. The van der Waals surface area contributed by atoms with Gasteiger partial charge in [0.2, 0.25) is 5.91 Å². The zero-order chi connectivity index (χ0) is 14.4. The topological polar surface area (TPSA) is 124 Å². The standard InChI is InChI=1S/C11H16N4O4/c1-6(2)11-14-7(3-8(16)15-11)12-4-9(17)13-5-10(18)19/h3,6H,4-5H2,1-2H3,(H,13,17)(H,18,19)(H2,12,14,15,16). The van der Waals surface area contributed by atoms with E-state index < -0.39 is 18.4 Å². The summed E-state index contributed by atoms with van der Waals surface area (Å²) >= 11 is 0. The average molecular weight is 268 g/mol. The van der Waals surface area contributed by atoms with Gasteiger partial charge in [0, 0.05) is 12.0 Å². The predicted octanol–water partition coefficient (Wildman–Crippen LogP) is -0.494. The summed E-state index contributed by atoms with van der Waals surface area (Å²) < 4.78 is 0. The maximum atomic E-state index is 11.4. The lowest BCUT2D eigenvalue weighted by Gasteiger charge is -2.08.